The van der Waals surface area contributed by atoms with Crippen molar-refractivity contribution in [3.05, 3.63) is 24.3 Å². The van der Waals surface area contributed by atoms with Gasteiger partial charge in [-0.2, -0.15) is 0 Å². The number of hydrogen-bond donors (Lipinski definition) is 3. The Morgan fingerprint density at radius 2 is 1.12 bits per heavy atom. The van der Waals surface area contributed by atoms with Crippen LogP contribution in [0.15, 0.2) is 24.3 Å². The summed E-state index contributed by atoms with van der Waals surface area (Å²) in [6.45, 7) is 3.79. The number of carboxylic acid groups (broad SMARTS) is 1. The number of nitrogens with two attached hydrogens (primary N) is 1. The highest BCUT2D eigenvalue weighted by molar-refractivity contribution is 7.47. The predicted molar refractivity (Wildman–Crippen MR) is 198 cm³/mol. The first-order valence-electron chi connectivity index (χ1n) is 19.4. The lowest BCUT2D eigenvalue weighted by Crippen LogP contribution is -2.34. The van der Waals surface area contributed by atoms with Crippen LogP contribution in [0, 0.1) is 0 Å². The van der Waals surface area contributed by atoms with Crippen LogP contribution >= 0.6 is 7.82 Å². The van der Waals surface area contributed by atoms with Gasteiger partial charge in [0.15, 0.2) is 0 Å². The van der Waals surface area contributed by atoms with Crippen molar-refractivity contribution < 1.29 is 42.7 Å². The molecule has 0 aliphatic rings. The van der Waals surface area contributed by atoms with Crippen molar-refractivity contribution in [1.82, 2.24) is 0 Å². The maximum absolute atomic E-state index is 12.4. The Kier molecular flexibility index (Phi) is 33.8. The minimum atomic E-state index is -4.60. The van der Waals surface area contributed by atoms with Crippen molar-refractivity contribution in [3.63, 3.8) is 0 Å². The minimum Gasteiger partial charge on any atom is -0.480 e. The minimum absolute atomic E-state index is 0.0172. The first-order chi connectivity index (χ1) is 23.7. The van der Waals surface area contributed by atoms with Crippen LogP contribution in [-0.2, 0) is 32.7 Å². The van der Waals surface area contributed by atoms with Gasteiger partial charge in [-0.25, -0.2) is 4.57 Å². The van der Waals surface area contributed by atoms with Crippen LogP contribution < -0.4 is 5.73 Å². The van der Waals surface area contributed by atoms with Crippen molar-refractivity contribution in [2.75, 3.05) is 26.4 Å². The third-order valence-electron chi connectivity index (χ3n) is 8.23. The molecule has 0 aromatic rings. The lowest BCUT2D eigenvalue weighted by Gasteiger charge is -2.20. The fraction of sp³-hybridized carbons (Fsp3) is 0.842. The van der Waals surface area contributed by atoms with Gasteiger partial charge in [-0.1, -0.05) is 141 Å². The van der Waals surface area contributed by atoms with E-state index in [4.69, 9.17) is 24.8 Å². The molecular formula is C38H72NO9P. The summed E-state index contributed by atoms with van der Waals surface area (Å²) in [6.07, 6.45) is 35.4. The second kappa shape index (κ2) is 34.9. The molecule has 10 nitrogen and oxygen atoms in total. The van der Waals surface area contributed by atoms with Gasteiger partial charge in [-0.15, -0.1) is 0 Å². The number of allylic oxidation sites excluding steroid dienone is 4. The van der Waals surface area contributed by atoms with Gasteiger partial charge in [-0.3, -0.25) is 18.6 Å². The van der Waals surface area contributed by atoms with Gasteiger partial charge in [0.2, 0.25) is 0 Å². The largest absolute Gasteiger partial charge is 0.480 e. The smallest absolute Gasteiger partial charge is 0.472 e. The van der Waals surface area contributed by atoms with Gasteiger partial charge in [0.1, 0.15) is 12.1 Å². The number of carboxylic acids is 1. The topological polar surface area (TPSA) is 155 Å². The van der Waals surface area contributed by atoms with Crippen molar-refractivity contribution >= 4 is 19.8 Å². The van der Waals surface area contributed by atoms with Gasteiger partial charge in [0.05, 0.1) is 19.8 Å². The molecule has 0 aromatic heterocycles. The quantitative estimate of drug-likeness (QED) is 0.0245. The van der Waals surface area contributed by atoms with E-state index in [-0.39, 0.29) is 13.0 Å². The zero-order valence-electron chi connectivity index (χ0n) is 31.0. The molecule has 288 valence electrons. The molecule has 0 saturated heterocycles. The van der Waals surface area contributed by atoms with E-state index < -0.39 is 45.1 Å². The van der Waals surface area contributed by atoms with Gasteiger partial charge in [0.25, 0.3) is 0 Å². The highest BCUT2D eigenvalue weighted by Crippen LogP contribution is 2.43. The van der Waals surface area contributed by atoms with Gasteiger partial charge < -0.3 is 25.2 Å². The molecule has 49 heavy (non-hydrogen) atoms. The van der Waals surface area contributed by atoms with Crippen molar-refractivity contribution in [3.8, 4) is 0 Å². The summed E-state index contributed by atoms with van der Waals surface area (Å²) in [4.78, 5) is 33.2. The Bertz CT molecular complexity index is 883. The molecule has 3 unspecified atom stereocenters. The lowest BCUT2D eigenvalue weighted by molar-refractivity contribution is -0.154. The molecule has 0 radical (unpaired) electrons. The molecule has 4 N–H and O–H groups in total. The lowest BCUT2D eigenvalue weighted by atomic mass is 10.1. The summed E-state index contributed by atoms with van der Waals surface area (Å²) in [7, 11) is -4.60. The third kappa shape index (κ3) is 34.7. The Hall–Kier alpha value is -1.55. The summed E-state index contributed by atoms with van der Waals surface area (Å²) < 4.78 is 33.1. The highest BCUT2D eigenvalue weighted by Gasteiger charge is 2.27. The molecule has 0 heterocycles. The molecule has 0 aromatic carbocycles. The number of carbonyl (C=O) groups is 2. The van der Waals surface area contributed by atoms with Crippen LogP contribution in [0.1, 0.15) is 168 Å². The van der Waals surface area contributed by atoms with Gasteiger partial charge >= 0.3 is 19.8 Å². The number of esters is 1. The molecular weight excluding hydrogens is 645 g/mol. The second-order valence-electron chi connectivity index (χ2n) is 13.1. The molecule has 3 atom stereocenters. The average Bonchev–Trinajstić information content (AvgIpc) is 3.07. The Morgan fingerprint density at radius 1 is 0.653 bits per heavy atom. The number of phosphoric acid groups is 1. The van der Waals surface area contributed by atoms with Crippen molar-refractivity contribution in [1.29, 1.82) is 0 Å². The van der Waals surface area contributed by atoms with E-state index in [1.807, 2.05) is 0 Å². The molecule has 0 bridgehead atoms. The standard InChI is InChI=1S/C38H72NO9P/c1-3-5-7-9-11-12-13-14-15-16-17-18-19-20-21-22-23-25-27-29-31-45-32-35(33-46-49(43,44)47-34-36(39)38(41)42)48-37(40)30-28-26-24-10-8-6-4-2/h11-12,14-15,35-36H,3-10,13,16-34,39H2,1-2H3,(H,41,42)(H,43,44)/b12-11-,15-14-. The van der Waals surface area contributed by atoms with Crippen LogP contribution in [-0.4, -0.2) is 60.5 Å². The molecule has 0 saturated carbocycles. The third-order valence-corrected chi connectivity index (χ3v) is 9.18. The summed E-state index contributed by atoms with van der Waals surface area (Å²) in [6, 6.07) is -1.47. The van der Waals surface area contributed by atoms with Crippen molar-refractivity contribution in [2.24, 2.45) is 5.73 Å². The number of rotatable bonds is 37. The van der Waals surface area contributed by atoms with E-state index in [1.54, 1.807) is 0 Å². The molecule has 0 fully saturated rings. The first kappa shape index (κ1) is 47.4. The number of unbranched alkanes of at least 4 members (excludes halogenated alkanes) is 19. The van der Waals surface area contributed by atoms with Crippen LogP contribution in [0.4, 0.5) is 0 Å². The average molecular weight is 718 g/mol. The maximum atomic E-state index is 12.4. The molecule has 0 amide bonds. The summed E-state index contributed by atoms with van der Waals surface area (Å²) in [5.74, 6) is -1.78. The van der Waals surface area contributed by atoms with E-state index in [2.05, 4.69) is 42.7 Å². The second-order valence-corrected chi connectivity index (χ2v) is 14.5. The fourth-order valence-corrected chi connectivity index (χ4v) is 5.94. The van der Waals surface area contributed by atoms with Gasteiger partial charge in [-0.05, 0) is 44.9 Å². The number of hydrogen-bond acceptors (Lipinski definition) is 8. The number of ether oxygens (including phenoxy) is 2. The SMILES string of the molecule is CCCCC/C=C\C/C=C\CCCCCCCCCCCCOCC(COP(=O)(O)OCC(N)C(=O)O)OC(=O)CCCCCCCCC. The molecule has 11 heteroatoms. The monoisotopic (exact) mass is 717 g/mol. The highest BCUT2D eigenvalue weighted by atomic mass is 31.2. The van der Waals surface area contributed by atoms with E-state index >= 15 is 0 Å². The van der Waals surface area contributed by atoms with E-state index in [0.717, 1.165) is 44.9 Å². The Balaban J connectivity index is 4.12. The van der Waals surface area contributed by atoms with E-state index in [9.17, 15) is 19.0 Å². The van der Waals surface area contributed by atoms with Gasteiger partial charge in [0, 0.05) is 13.0 Å². The van der Waals surface area contributed by atoms with E-state index in [1.165, 1.54) is 96.3 Å². The Morgan fingerprint density at radius 3 is 1.69 bits per heavy atom. The zero-order chi connectivity index (χ0) is 36.3. The summed E-state index contributed by atoms with van der Waals surface area (Å²) >= 11 is 0. The van der Waals surface area contributed by atoms with Crippen LogP contribution in [0.3, 0.4) is 0 Å². The molecule has 0 aliphatic carbocycles. The van der Waals surface area contributed by atoms with Crippen molar-refractivity contribution in [2.45, 2.75) is 180 Å². The first-order valence-corrected chi connectivity index (χ1v) is 20.9. The number of aliphatic carboxylic acids is 1. The van der Waals surface area contributed by atoms with Crippen LogP contribution in [0.5, 0.6) is 0 Å². The molecule has 0 rings (SSSR count). The predicted octanol–water partition coefficient (Wildman–Crippen LogP) is 9.97. The number of carbonyl (C=O) groups excluding carboxylic acids is 1. The summed E-state index contributed by atoms with van der Waals surface area (Å²) in [5, 5.41) is 8.84. The van der Waals surface area contributed by atoms with E-state index in [0.29, 0.717) is 13.0 Å². The maximum Gasteiger partial charge on any atom is 0.472 e. The zero-order valence-corrected chi connectivity index (χ0v) is 31.9. The Labute approximate surface area is 298 Å². The van der Waals surface area contributed by atoms with Crippen LogP contribution in [0.25, 0.3) is 0 Å². The summed E-state index contributed by atoms with van der Waals surface area (Å²) in [5.41, 5.74) is 5.32. The molecule has 0 aliphatic heterocycles. The fourth-order valence-electron chi connectivity index (χ4n) is 5.16. The molecule has 0 spiro atoms. The number of phosphoric ester groups is 1. The van der Waals surface area contributed by atoms with Crippen LogP contribution in [0.2, 0.25) is 0 Å². The normalized spacial score (nSPS) is 14.4.